The number of carbonyl (C=O) groups is 1. The predicted molar refractivity (Wildman–Crippen MR) is 111 cm³/mol. The molecular weight excluding hydrogens is 455 g/mol. The molecule has 0 atom stereocenters. The number of alkyl halides is 3. The Morgan fingerprint density at radius 1 is 1.06 bits per heavy atom. The number of furan rings is 2. The lowest BCUT2D eigenvalue weighted by Crippen LogP contribution is -2.16. The van der Waals surface area contributed by atoms with Gasteiger partial charge in [-0.3, -0.25) is 10.1 Å². The second-order valence-corrected chi connectivity index (χ2v) is 7.34. The molecule has 0 saturated carbocycles. The number of carbonyl (C=O) groups excluding carboxylic acids is 1. The van der Waals surface area contributed by atoms with Gasteiger partial charge in [-0.1, -0.05) is 5.16 Å². The second kappa shape index (κ2) is 8.54. The molecule has 0 aliphatic carbocycles. The summed E-state index contributed by atoms with van der Waals surface area (Å²) in [5.74, 6) is 1.15. The summed E-state index contributed by atoms with van der Waals surface area (Å²) in [5, 5.41) is 6.46. The van der Waals surface area contributed by atoms with E-state index in [1.54, 1.807) is 28.8 Å². The number of aromatic nitrogens is 4. The number of nitrogens with zero attached hydrogens (tertiary/aromatic N) is 4. The van der Waals surface area contributed by atoms with E-state index in [9.17, 15) is 18.0 Å². The molecule has 0 aliphatic rings. The molecule has 1 N–H and O–H groups in total. The summed E-state index contributed by atoms with van der Waals surface area (Å²) in [7, 11) is 0. The number of anilines is 1. The summed E-state index contributed by atoms with van der Waals surface area (Å²) >= 11 is 0. The van der Waals surface area contributed by atoms with E-state index in [1.807, 2.05) is 0 Å². The summed E-state index contributed by atoms with van der Waals surface area (Å²) in [6.07, 6.45) is -1.42. The van der Waals surface area contributed by atoms with Crippen molar-refractivity contribution in [2.45, 2.75) is 25.6 Å². The Morgan fingerprint density at radius 3 is 2.62 bits per heavy atom. The van der Waals surface area contributed by atoms with Crippen LogP contribution in [0.4, 0.5) is 19.1 Å². The third kappa shape index (κ3) is 4.42. The molecule has 4 aromatic heterocycles. The number of amides is 1. The molecule has 1 aromatic carbocycles. The molecule has 5 aromatic rings. The molecule has 0 saturated heterocycles. The van der Waals surface area contributed by atoms with Gasteiger partial charge in [-0.05, 0) is 42.5 Å². The molecular formula is C22H16F3N5O4. The second-order valence-electron chi connectivity index (χ2n) is 7.34. The van der Waals surface area contributed by atoms with Crippen molar-refractivity contribution in [3.8, 4) is 11.6 Å². The lowest BCUT2D eigenvalue weighted by molar-refractivity contribution is -0.137. The zero-order valence-corrected chi connectivity index (χ0v) is 17.4. The van der Waals surface area contributed by atoms with E-state index >= 15 is 0 Å². The molecule has 174 valence electrons. The molecule has 4 heterocycles. The van der Waals surface area contributed by atoms with E-state index in [2.05, 4.69) is 20.4 Å². The van der Waals surface area contributed by atoms with Crippen LogP contribution in [0, 0.1) is 0 Å². The fraction of sp³-hybridized carbons (Fsp3) is 0.182. The van der Waals surface area contributed by atoms with E-state index < -0.39 is 17.6 Å². The van der Waals surface area contributed by atoms with Crippen LogP contribution in [0.25, 0.3) is 22.6 Å². The highest BCUT2D eigenvalue weighted by molar-refractivity contribution is 5.91. The molecule has 0 spiro atoms. The summed E-state index contributed by atoms with van der Waals surface area (Å²) in [5.41, 5.74) is -0.319. The number of rotatable bonds is 7. The van der Waals surface area contributed by atoms with Crippen LogP contribution in [0.5, 0.6) is 0 Å². The van der Waals surface area contributed by atoms with Gasteiger partial charge in [0.2, 0.25) is 23.6 Å². The van der Waals surface area contributed by atoms with Gasteiger partial charge in [0, 0.05) is 12.8 Å². The maximum Gasteiger partial charge on any atom is 0.416 e. The van der Waals surface area contributed by atoms with Crippen LogP contribution < -0.4 is 5.32 Å². The lowest BCUT2D eigenvalue weighted by atomic mass is 10.2. The first-order valence-electron chi connectivity index (χ1n) is 10.1. The lowest BCUT2D eigenvalue weighted by Gasteiger charge is -2.09. The number of benzene rings is 1. The smallest absolute Gasteiger partial charge is 0.416 e. The third-order valence-electron chi connectivity index (χ3n) is 5.00. The first-order chi connectivity index (χ1) is 16.4. The average molecular weight is 471 g/mol. The van der Waals surface area contributed by atoms with Gasteiger partial charge in [-0.25, -0.2) is 4.98 Å². The van der Waals surface area contributed by atoms with E-state index in [0.29, 0.717) is 17.0 Å². The van der Waals surface area contributed by atoms with Crippen LogP contribution in [-0.4, -0.2) is 25.6 Å². The summed E-state index contributed by atoms with van der Waals surface area (Å²) in [6.45, 7) is 0.167. The number of hydrogen-bond acceptors (Lipinski definition) is 7. The fourth-order valence-electron chi connectivity index (χ4n) is 3.39. The van der Waals surface area contributed by atoms with Crippen molar-refractivity contribution >= 4 is 22.9 Å². The molecule has 34 heavy (non-hydrogen) atoms. The SMILES string of the molecule is O=C(CCc1nc(-c2ccco2)no1)Nc1nc2cc(C(F)(F)F)ccc2n1Cc1ccco1. The zero-order chi connectivity index (χ0) is 23.7. The highest BCUT2D eigenvalue weighted by Gasteiger charge is 2.31. The normalized spacial score (nSPS) is 11.9. The van der Waals surface area contributed by atoms with E-state index in [-0.39, 0.29) is 42.6 Å². The van der Waals surface area contributed by atoms with Crippen molar-refractivity contribution < 1.29 is 31.3 Å². The van der Waals surface area contributed by atoms with Crippen molar-refractivity contribution in [3.05, 3.63) is 72.2 Å². The Labute approximate surface area is 189 Å². The first-order valence-corrected chi connectivity index (χ1v) is 10.1. The minimum Gasteiger partial charge on any atom is -0.467 e. The Morgan fingerprint density at radius 2 is 1.88 bits per heavy atom. The van der Waals surface area contributed by atoms with Gasteiger partial charge in [0.05, 0.1) is 35.7 Å². The van der Waals surface area contributed by atoms with E-state index in [4.69, 9.17) is 13.4 Å². The quantitative estimate of drug-likeness (QED) is 0.359. The van der Waals surface area contributed by atoms with E-state index in [1.165, 1.54) is 18.6 Å². The highest BCUT2D eigenvalue weighted by atomic mass is 19.4. The van der Waals surface area contributed by atoms with Gasteiger partial charge in [0.25, 0.3) is 0 Å². The molecule has 5 rings (SSSR count). The molecule has 0 unspecified atom stereocenters. The topological polar surface area (TPSA) is 112 Å². The Balaban J connectivity index is 1.35. The summed E-state index contributed by atoms with van der Waals surface area (Å²) < 4.78 is 56.7. The Bertz CT molecular complexity index is 1420. The number of nitrogens with one attached hydrogen (secondary N) is 1. The third-order valence-corrected chi connectivity index (χ3v) is 5.00. The molecule has 1 amide bonds. The van der Waals surface area contributed by atoms with Crippen molar-refractivity contribution in [2.24, 2.45) is 0 Å². The Hall–Kier alpha value is -4.35. The fourth-order valence-corrected chi connectivity index (χ4v) is 3.39. The minimum atomic E-state index is -4.51. The summed E-state index contributed by atoms with van der Waals surface area (Å²) in [6, 6.07) is 10.0. The molecule has 0 fully saturated rings. The minimum absolute atomic E-state index is 0.0163. The van der Waals surface area contributed by atoms with Crippen LogP contribution in [-0.2, 0) is 23.9 Å². The van der Waals surface area contributed by atoms with Crippen molar-refractivity contribution in [2.75, 3.05) is 5.32 Å². The van der Waals surface area contributed by atoms with Gasteiger partial charge in [-0.15, -0.1) is 0 Å². The predicted octanol–water partition coefficient (Wildman–Crippen LogP) is 4.91. The number of fused-ring (bicyclic) bond motifs is 1. The van der Waals surface area contributed by atoms with Crippen molar-refractivity contribution in [1.29, 1.82) is 0 Å². The number of halogens is 3. The van der Waals surface area contributed by atoms with Crippen molar-refractivity contribution in [3.63, 3.8) is 0 Å². The maximum atomic E-state index is 13.1. The van der Waals surface area contributed by atoms with Crippen LogP contribution in [0.2, 0.25) is 0 Å². The van der Waals surface area contributed by atoms with Crippen LogP contribution in [0.3, 0.4) is 0 Å². The average Bonchev–Trinajstić information content (AvgIpc) is 3.59. The van der Waals surface area contributed by atoms with Gasteiger partial charge in [0.15, 0.2) is 5.76 Å². The number of imidazole rings is 1. The molecule has 0 bridgehead atoms. The molecule has 0 aliphatic heterocycles. The van der Waals surface area contributed by atoms with Gasteiger partial charge in [-0.2, -0.15) is 18.2 Å². The van der Waals surface area contributed by atoms with Crippen molar-refractivity contribution in [1.82, 2.24) is 19.7 Å². The largest absolute Gasteiger partial charge is 0.467 e. The first kappa shape index (κ1) is 21.5. The summed E-state index contributed by atoms with van der Waals surface area (Å²) in [4.78, 5) is 21.0. The van der Waals surface area contributed by atoms with Gasteiger partial charge in [0.1, 0.15) is 5.76 Å². The Kier molecular flexibility index (Phi) is 5.40. The van der Waals surface area contributed by atoms with Gasteiger partial charge >= 0.3 is 6.18 Å². The standard InChI is InChI=1S/C22H16F3N5O4/c23-22(24,25)13-5-6-16-15(11-13)26-21(30(16)12-14-3-1-9-32-14)27-18(31)7-8-19-28-20(29-34-19)17-4-2-10-33-17/h1-6,9-11H,7-8,12H2,(H,26,27,31). The zero-order valence-electron chi connectivity index (χ0n) is 17.4. The van der Waals surface area contributed by atoms with Crippen LogP contribution in [0.1, 0.15) is 23.6 Å². The van der Waals surface area contributed by atoms with E-state index in [0.717, 1.165) is 12.1 Å². The number of aryl methyl sites for hydroxylation is 1. The van der Waals surface area contributed by atoms with Crippen LogP contribution in [0.15, 0.2) is 68.3 Å². The van der Waals surface area contributed by atoms with Gasteiger partial charge < -0.3 is 17.9 Å². The van der Waals surface area contributed by atoms with Crippen LogP contribution >= 0.6 is 0 Å². The highest BCUT2D eigenvalue weighted by Crippen LogP contribution is 2.32. The molecule has 0 radical (unpaired) electrons. The monoisotopic (exact) mass is 471 g/mol. The molecule has 12 heteroatoms. The maximum absolute atomic E-state index is 13.1. The molecule has 9 nitrogen and oxygen atoms in total. The number of hydrogen-bond donors (Lipinski definition) is 1.